The quantitative estimate of drug-likeness (QED) is 0.742. The lowest BCUT2D eigenvalue weighted by molar-refractivity contribution is 0.601. The van der Waals surface area contributed by atoms with Gasteiger partial charge in [-0.1, -0.05) is 18.2 Å². The smallest absolute Gasteiger partial charge is 0.312 e. The van der Waals surface area contributed by atoms with Crippen LogP contribution in [-0.2, 0) is 22.9 Å². The van der Waals surface area contributed by atoms with Crippen molar-refractivity contribution < 1.29 is 8.42 Å². The van der Waals surface area contributed by atoms with Gasteiger partial charge in [0.1, 0.15) is 0 Å². The molecule has 0 radical (unpaired) electrons. The van der Waals surface area contributed by atoms with Gasteiger partial charge in [0.25, 0.3) is 10.0 Å². The van der Waals surface area contributed by atoms with E-state index >= 15 is 0 Å². The molecule has 0 aliphatic heterocycles. The summed E-state index contributed by atoms with van der Waals surface area (Å²) in [6.45, 7) is 1.78. The van der Waals surface area contributed by atoms with Gasteiger partial charge in [0.05, 0.1) is 16.3 Å². The third kappa shape index (κ3) is 2.84. The second-order valence-electron chi connectivity index (χ2n) is 6.48. The van der Waals surface area contributed by atoms with Crippen LogP contribution in [0.4, 0.5) is 5.69 Å². The number of sulfonamides is 1. The highest BCUT2D eigenvalue weighted by molar-refractivity contribution is 7.92. The number of hydrogen-bond acceptors (Lipinski definition) is 3. The number of para-hydroxylation sites is 2. The number of aryl methyl sites for hydroxylation is 3. The fourth-order valence-electron chi connectivity index (χ4n) is 3.43. The zero-order chi connectivity index (χ0) is 18.3. The molecule has 7 heteroatoms. The number of anilines is 1. The summed E-state index contributed by atoms with van der Waals surface area (Å²) in [5.41, 5.74) is 3.54. The topological polar surface area (TPSA) is 84.0 Å². The van der Waals surface area contributed by atoms with Gasteiger partial charge in [-0.05, 0) is 61.6 Å². The van der Waals surface area contributed by atoms with Crippen molar-refractivity contribution in [2.75, 3.05) is 4.72 Å². The van der Waals surface area contributed by atoms with Gasteiger partial charge in [-0.3, -0.25) is 9.29 Å². The number of nitrogens with one attached hydrogen (secondary N) is 2. The Morgan fingerprint density at radius 2 is 1.85 bits per heavy atom. The molecule has 4 rings (SSSR count). The van der Waals surface area contributed by atoms with Crippen molar-refractivity contribution in [3.63, 3.8) is 0 Å². The van der Waals surface area contributed by atoms with E-state index in [2.05, 4.69) is 9.71 Å². The molecule has 2 aromatic carbocycles. The number of imidazole rings is 1. The number of aromatic nitrogens is 2. The van der Waals surface area contributed by atoms with E-state index in [1.165, 1.54) is 10.1 Å². The zero-order valence-electron chi connectivity index (χ0n) is 14.3. The van der Waals surface area contributed by atoms with Gasteiger partial charge in [0, 0.05) is 11.9 Å². The van der Waals surface area contributed by atoms with Crippen molar-refractivity contribution in [2.24, 2.45) is 0 Å². The van der Waals surface area contributed by atoms with Gasteiger partial charge in [-0.2, -0.15) is 0 Å². The van der Waals surface area contributed by atoms with Gasteiger partial charge in [-0.15, -0.1) is 0 Å². The number of fused-ring (bicyclic) bond motifs is 1. The third-order valence-corrected chi connectivity index (χ3v) is 6.09. The van der Waals surface area contributed by atoms with Crippen LogP contribution in [0.2, 0.25) is 0 Å². The van der Waals surface area contributed by atoms with Crippen LogP contribution in [-0.4, -0.2) is 18.0 Å². The maximum Gasteiger partial charge on any atom is 0.330 e. The summed E-state index contributed by atoms with van der Waals surface area (Å²) < 4.78 is 29.9. The lowest BCUT2D eigenvalue weighted by atomic mass is 10.1. The molecule has 0 saturated heterocycles. The summed E-state index contributed by atoms with van der Waals surface area (Å²) in [7, 11) is -3.75. The average molecular weight is 369 g/mol. The highest BCUT2D eigenvalue weighted by atomic mass is 32.2. The Morgan fingerprint density at radius 1 is 1.08 bits per heavy atom. The lowest BCUT2D eigenvalue weighted by Crippen LogP contribution is -2.20. The first-order chi connectivity index (χ1) is 12.5. The number of hydrogen-bond donors (Lipinski definition) is 2. The van der Waals surface area contributed by atoms with Gasteiger partial charge in [-0.25, -0.2) is 13.2 Å². The maximum atomic E-state index is 12.9. The Balaban J connectivity index is 1.75. The molecule has 0 spiro atoms. The second-order valence-corrected chi connectivity index (χ2v) is 8.16. The first kappa shape index (κ1) is 16.7. The van der Waals surface area contributed by atoms with Crippen LogP contribution < -0.4 is 10.4 Å². The molecule has 3 aromatic rings. The SMILES string of the molecule is Cc1c[nH]c(=O)n1-c1ccccc1NS(=O)(=O)c1ccc2c(c1)CCC2. The highest BCUT2D eigenvalue weighted by Gasteiger charge is 2.20. The second kappa shape index (κ2) is 6.17. The van der Waals surface area contributed by atoms with E-state index < -0.39 is 10.0 Å². The standard InChI is InChI=1S/C19H19N3O3S/c1-13-12-20-19(23)22(13)18-8-3-2-7-17(18)21-26(24,25)16-10-9-14-5-4-6-15(14)11-16/h2-3,7-12,21H,4-6H2,1H3,(H,20,23). The molecule has 26 heavy (non-hydrogen) atoms. The molecular formula is C19H19N3O3S. The minimum Gasteiger partial charge on any atom is -0.312 e. The van der Waals surface area contributed by atoms with Crippen LogP contribution in [0.15, 0.2) is 58.4 Å². The highest BCUT2D eigenvalue weighted by Crippen LogP contribution is 2.27. The first-order valence-corrected chi connectivity index (χ1v) is 9.95. The Kier molecular flexibility index (Phi) is 3.96. The van der Waals surface area contributed by atoms with E-state index in [-0.39, 0.29) is 10.6 Å². The minimum absolute atomic E-state index is 0.242. The third-order valence-electron chi connectivity index (χ3n) is 4.73. The predicted molar refractivity (Wildman–Crippen MR) is 100 cm³/mol. The molecule has 1 aromatic heterocycles. The average Bonchev–Trinajstić information content (AvgIpc) is 3.21. The predicted octanol–water partition coefficient (Wildman–Crippen LogP) is 2.76. The van der Waals surface area contributed by atoms with Crippen LogP contribution in [0, 0.1) is 6.92 Å². The fourth-order valence-corrected chi connectivity index (χ4v) is 4.55. The number of nitrogens with zero attached hydrogens (tertiary/aromatic N) is 1. The Labute approximate surface area is 151 Å². The molecule has 1 aliphatic carbocycles. The van der Waals surface area contributed by atoms with Crippen LogP contribution in [0.3, 0.4) is 0 Å². The van der Waals surface area contributed by atoms with E-state index in [1.807, 2.05) is 6.07 Å². The van der Waals surface area contributed by atoms with Crippen LogP contribution in [0.1, 0.15) is 23.2 Å². The Morgan fingerprint density at radius 3 is 2.62 bits per heavy atom. The summed E-state index contributed by atoms with van der Waals surface area (Å²) in [6, 6.07) is 12.1. The summed E-state index contributed by atoms with van der Waals surface area (Å²) >= 11 is 0. The van der Waals surface area contributed by atoms with E-state index in [0.717, 1.165) is 24.8 Å². The Bertz CT molecular complexity index is 1140. The van der Waals surface area contributed by atoms with Crippen molar-refractivity contribution in [2.45, 2.75) is 31.1 Å². The van der Waals surface area contributed by atoms with Crippen molar-refractivity contribution in [3.8, 4) is 5.69 Å². The molecular weight excluding hydrogens is 350 g/mol. The lowest BCUT2D eigenvalue weighted by Gasteiger charge is -2.14. The summed E-state index contributed by atoms with van der Waals surface area (Å²) in [6.07, 6.45) is 4.56. The molecule has 0 amide bonds. The number of H-pyrrole nitrogens is 1. The summed E-state index contributed by atoms with van der Waals surface area (Å²) in [4.78, 5) is 14.9. The first-order valence-electron chi connectivity index (χ1n) is 8.47. The number of rotatable bonds is 4. The molecule has 1 heterocycles. The van der Waals surface area contributed by atoms with Gasteiger partial charge < -0.3 is 4.98 Å². The van der Waals surface area contributed by atoms with E-state index in [9.17, 15) is 13.2 Å². The van der Waals surface area contributed by atoms with E-state index in [4.69, 9.17) is 0 Å². The molecule has 0 fully saturated rings. The summed E-state index contributed by atoms with van der Waals surface area (Å²) in [5, 5.41) is 0. The fraction of sp³-hybridized carbons (Fsp3) is 0.211. The molecule has 1 aliphatic rings. The monoisotopic (exact) mass is 369 g/mol. The van der Waals surface area contributed by atoms with E-state index in [0.29, 0.717) is 17.1 Å². The van der Waals surface area contributed by atoms with Crippen molar-refractivity contribution in [1.29, 1.82) is 0 Å². The molecule has 0 atom stereocenters. The molecule has 0 saturated carbocycles. The van der Waals surface area contributed by atoms with Crippen molar-refractivity contribution in [3.05, 3.63) is 76.0 Å². The minimum atomic E-state index is -3.75. The zero-order valence-corrected chi connectivity index (χ0v) is 15.1. The van der Waals surface area contributed by atoms with Gasteiger partial charge in [0.15, 0.2) is 0 Å². The normalized spacial score (nSPS) is 13.6. The number of benzene rings is 2. The van der Waals surface area contributed by atoms with Crippen LogP contribution in [0.25, 0.3) is 5.69 Å². The molecule has 134 valence electrons. The number of aromatic amines is 1. The van der Waals surface area contributed by atoms with E-state index in [1.54, 1.807) is 49.5 Å². The summed E-state index contributed by atoms with van der Waals surface area (Å²) in [5.74, 6) is 0. The van der Waals surface area contributed by atoms with Crippen LogP contribution in [0.5, 0.6) is 0 Å². The van der Waals surface area contributed by atoms with Crippen LogP contribution >= 0.6 is 0 Å². The molecule has 0 bridgehead atoms. The van der Waals surface area contributed by atoms with Crippen molar-refractivity contribution in [1.82, 2.24) is 9.55 Å². The van der Waals surface area contributed by atoms with Gasteiger partial charge in [0.2, 0.25) is 0 Å². The molecule has 6 nitrogen and oxygen atoms in total. The Hall–Kier alpha value is -2.80. The van der Waals surface area contributed by atoms with Gasteiger partial charge >= 0.3 is 5.69 Å². The van der Waals surface area contributed by atoms with Crippen molar-refractivity contribution >= 4 is 15.7 Å². The maximum absolute atomic E-state index is 12.9. The molecule has 0 unspecified atom stereocenters. The molecule has 2 N–H and O–H groups in total. The largest absolute Gasteiger partial charge is 0.330 e.